The fraction of sp³-hybridized carbons (Fsp3) is 0.208. The molecule has 0 heterocycles. The van der Waals surface area contributed by atoms with E-state index in [1.807, 2.05) is 79.9 Å². The fourth-order valence-corrected chi connectivity index (χ4v) is 3.65. The maximum atomic E-state index is 12.7. The number of para-hydroxylation sites is 1. The molecule has 0 spiro atoms. The van der Waals surface area contributed by atoms with Gasteiger partial charge in [0.15, 0.2) is 0 Å². The van der Waals surface area contributed by atoms with Crippen molar-refractivity contribution in [1.29, 1.82) is 0 Å². The molecule has 3 rings (SSSR count). The van der Waals surface area contributed by atoms with Gasteiger partial charge in [-0.1, -0.05) is 24.3 Å². The molecule has 0 fully saturated rings. The van der Waals surface area contributed by atoms with Crippen molar-refractivity contribution in [3.8, 4) is 22.6 Å². The first-order chi connectivity index (χ1) is 14.5. The Labute approximate surface area is 181 Å². The molecule has 0 radical (unpaired) electrons. The van der Waals surface area contributed by atoms with E-state index in [0.29, 0.717) is 0 Å². The van der Waals surface area contributed by atoms with Crippen molar-refractivity contribution >= 4 is 29.0 Å². The highest BCUT2D eigenvalue weighted by Gasteiger charge is 2.15. The molecule has 0 unspecified atom stereocenters. The van der Waals surface area contributed by atoms with Gasteiger partial charge in [0, 0.05) is 16.1 Å². The van der Waals surface area contributed by atoms with Crippen LogP contribution in [0, 0.1) is 0 Å². The molecule has 1 atom stereocenters. The zero-order valence-electron chi connectivity index (χ0n) is 17.6. The monoisotopic (exact) mass is 422 g/mol. The third kappa shape index (κ3) is 5.07. The van der Waals surface area contributed by atoms with E-state index in [1.54, 1.807) is 26.0 Å². The van der Waals surface area contributed by atoms with Crippen LogP contribution in [0.2, 0.25) is 0 Å². The average molecular weight is 423 g/mol. The summed E-state index contributed by atoms with van der Waals surface area (Å²) >= 11 is 1.60. The van der Waals surface area contributed by atoms with Crippen LogP contribution in [-0.4, -0.2) is 32.4 Å². The third-order valence-corrected chi connectivity index (χ3v) is 5.54. The number of ether oxygens (including phenoxy) is 2. The van der Waals surface area contributed by atoms with E-state index in [4.69, 9.17) is 9.47 Å². The van der Waals surface area contributed by atoms with Gasteiger partial charge in [0.25, 0.3) is 0 Å². The molecule has 0 aromatic heterocycles. The molecular formula is C24H26N2O3S. The Morgan fingerprint density at radius 2 is 1.70 bits per heavy atom. The molecular weight excluding hydrogens is 396 g/mol. The normalized spacial score (nSPS) is 11.5. The maximum absolute atomic E-state index is 12.7. The van der Waals surface area contributed by atoms with Crippen molar-refractivity contribution in [3.63, 3.8) is 0 Å². The van der Waals surface area contributed by atoms with Gasteiger partial charge in [0.05, 0.1) is 19.9 Å². The summed E-state index contributed by atoms with van der Waals surface area (Å²) in [6.07, 6.45) is 1.99. The molecule has 0 saturated heterocycles. The van der Waals surface area contributed by atoms with E-state index in [9.17, 15) is 4.79 Å². The lowest BCUT2D eigenvalue weighted by Gasteiger charge is -2.18. The summed E-state index contributed by atoms with van der Waals surface area (Å²) in [4.78, 5) is 13.7. The fourth-order valence-electron chi connectivity index (χ4n) is 3.10. The van der Waals surface area contributed by atoms with Crippen molar-refractivity contribution in [2.24, 2.45) is 0 Å². The van der Waals surface area contributed by atoms with Gasteiger partial charge in [-0.05, 0) is 61.2 Å². The Morgan fingerprint density at radius 1 is 0.967 bits per heavy atom. The molecule has 1 amide bonds. The van der Waals surface area contributed by atoms with Crippen molar-refractivity contribution < 1.29 is 14.3 Å². The first-order valence-corrected chi connectivity index (χ1v) is 10.8. The molecule has 156 valence electrons. The minimum Gasteiger partial charge on any atom is -0.497 e. The summed E-state index contributed by atoms with van der Waals surface area (Å²) in [5.41, 5.74) is 3.59. The first-order valence-electron chi connectivity index (χ1n) is 9.58. The van der Waals surface area contributed by atoms with E-state index in [2.05, 4.69) is 10.6 Å². The minimum absolute atomic E-state index is 0.0988. The topological polar surface area (TPSA) is 59.6 Å². The Bertz CT molecular complexity index is 1010. The second-order valence-corrected chi connectivity index (χ2v) is 7.55. The summed E-state index contributed by atoms with van der Waals surface area (Å²) < 4.78 is 10.8. The number of amides is 1. The van der Waals surface area contributed by atoms with Gasteiger partial charge in [0.1, 0.15) is 17.5 Å². The number of carbonyl (C=O) groups is 1. The SMILES string of the molecule is COc1ccc(-c2cc(N[C@H](C)C(=O)Nc3ccccc3SC)ccc2OC)cc1. The number of benzene rings is 3. The van der Waals surface area contributed by atoms with Crippen LogP contribution < -0.4 is 20.1 Å². The molecule has 3 aromatic carbocycles. The van der Waals surface area contributed by atoms with Crippen LogP contribution >= 0.6 is 11.8 Å². The van der Waals surface area contributed by atoms with Crippen LogP contribution in [0.1, 0.15) is 6.92 Å². The lowest BCUT2D eigenvalue weighted by atomic mass is 10.0. The molecule has 0 aliphatic carbocycles. The number of methoxy groups -OCH3 is 2. The molecule has 0 bridgehead atoms. The van der Waals surface area contributed by atoms with E-state index < -0.39 is 6.04 Å². The van der Waals surface area contributed by atoms with Gasteiger partial charge in [-0.15, -0.1) is 11.8 Å². The molecule has 6 heteroatoms. The second kappa shape index (κ2) is 10.1. The van der Waals surface area contributed by atoms with E-state index in [0.717, 1.165) is 38.9 Å². The predicted molar refractivity (Wildman–Crippen MR) is 125 cm³/mol. The van der Waals surface area contributed by atoms with Gasteiger partial charge in [-0.2, -0.15) is 0 Å². The number of nitrogens with one attached hydrogen (secondary N) is 2. The number of anilines is 2. The summed E-state index contributed by atoms with van der Waals surface area (Å²) in [5, 5.41) is 6.29. The number of rotatable bonds is 8. The van der Waals surface area contributed by atoms with Gasteiger partial charge < -0.3 is 20.1 Å². The lowest BCUT2D eigenvalue weighted by Crippen LogP contribution is -2.32. The Kier molecular flexibility index (Phi) is 7.25. The predicted octanol–water partition coefficient (Wildman–Crippen LogP) is 5.53. The number of thioether (sulfide) groups is 1. The first kappa shape index (κ1) is 21.6. The third-order valence-electron chi connectivity index (χ3n) is 4.74. The van der Waals surface area contributed by atoms with Crippen LogP contribution in [-0.2, 0) is 4.79 Å². The van der Waals surface area contributed by atoms with Crippen molar-refractivity contribution in [2.45, 2.75) is 17.9 Å². The summed E-state index contributed by atoms with van der Waals surface area (Å²) in [6.45, 7) is 1.84. The van der Waals surface area contributed by atoms with Crippen molar-refractivity contribution in [1.82, 2.24) is 0 Å². The zero-order chi connectivity index (χ0) is 21.5. The summed E-state index contributed by atoms with van der Waals surface area (Å²) in [6, 6.07) is 20.9. The maximum Gasteiger partial charge on any atom is 0.246 e. The van der Waals surface area contributed by atoms with Crippen LogP contribution in [0.15, 0.2) is 71.6 Å². The van der Waals surface area contributed by atoms with Crippen molar-refractivity contribution in [2.75, 3.05) is 31.1 Å². The number of hydrogen-bond acceptors (Lipinski definition) is 5. The largest absolute Gasteiger partial charge is 0.497 e. The molecule has 0 aliphatic rings. The van der Waals surface area contributed by atoms with Crippen LogP contribution in [0.3, 0.4) is 0 Å². The van der Waals surface area contributed by atoms with Gasteiger partial charge in [0.2, 0.25) is 5.91 Å². The number of hydrogen-bond donors (Lipinski definition) is 2. The molecule has 0 aliphatic heterocycles. The van der Waals surface area contributed by atoms with Crippen molar-refractivity contribution in [3.05, 3.63) is 66.7 Å². The average Bonchev–Trinajstić information content (AvgIpc) is 2.79. The second-order valence-electron chi connectivity index (χ2n) is 6.70. The van der Waals surface area contributed by atoms with Crippen LogP contribution in [0.5, 0.6) is 11.5 Å². The molecule has 5 nitrogen and oxygen atoms in total. The van der Waals surface area contributed by atoms with Crippen LogP contribution in [0.4, 0.5) is 11.4 Å². The highest BCUT2D eigenvalue weighted by atomic mass is 32.2. The van der Waals surface area contributed by atoms with E-state index in [1.165, 1.54) is 0 Å². The summed E-state index contributed by atoms with van der Waals surface area (Å²) in [7, 11) is 3.29. The van der Waals surface area contributed by atoms with Gasteiger partial charge >= 0.3 is 0 Å². The summed E-state index contributed by atoms with van der Waals surface area (Å²) in [5.74, 6) is 1.46. The van der Waals surface area contributed by atoms with E-state index in [-0.39, 0.29) is 5.91 Å². The van der Waals surface area contributed by atoms with Gasteiger partial charge in [-0.3, -0.25) is 4.79 Å². The molecule has 3 aromatic rings. The Balaban J connectivity index is 1.77. The zero-order valence-corrected chi connectivity index (χ0v) is 18.4. The van der Waals surface area contributed by atoms with Crippen LogP contribution in [0.25, 0.3) is 11.1 Å². The van der Waals surface area contributed by atoms with Gasteiger partial charge in [-0.25, -0.2) is 0 Å². The smallest absolute Gasteiger partial charge is 0.246 e. The minimum atomic E-state index is -0.419. The lowest BCUT2D eigenvalue weighted by molar-refractivity contribution is -0.116. The highest BCUT2D eigenvalue weighted by Crippen LogP contribution is 2.34. The highest BCUT2D eigenvalue weighted by molar-refractivity contribution is 7.98. The molecule has 30 heavy (non-hydrogen) atoms. The Hall–Kier alpha value is -3.12. The Morgan fingerprint density at radius 3 is 2.37 bits per heavy atom. The molecule has 2 N–H and O–H groups in total. The molecule has 0 saturated carbocycles. The van der Waals surface area contributed by atoms with E-state index >= 15 is 0 Å². The standard InChI is InChI=1S/C24H26N2O3S/c1-16(24(27)26-21-7-5-6-8-23(21)30-4)25-18-11-14-22(29-3)20(15-18)17-9-12-19(28-2)13-10-17/h5-16,25H,1-4H3,(H,26,27)/t16-/m1/s1. The number of carbonyl (C=O) groups excluding carboxylic acids is 1. The quantitative estimate of drug-likeness (QED) is 0.467.